The van der Waals surface area contributed by atoms with Crippen LogP contribution < -0.4 is 5.32 Å². The summed E-state index contributed by atoms with van der Waals surface area (Å²) in [5.41, 5.74) is 3.26. The van der Waals surface area contributed by atoms with E-state index in [0.29, 0.717) is 16.9 Å². The molecule has 1 heterocycles. The molecule has 1 aromatic heterocycles. The summed E-state index contributed by atoms with van der Waals surface area (Å²) in [6, 6.07) is 7.00. The lowest BCUT2D eigenvalue weighted by molar-refractivity contribution is 0.155. The minimum atomic E-state index is 0.375. The van der Waals surface area contributed by atoms with Crippen LogP contribution in [0.2, 0.25) is 0 Å². The largest absolute Gasteiger partial charge is 0.358 e. The molecule has 2 saturated carbocycles. The predicted molar refractivity (Wildman–Crippen MR) is 91.0 cm³/mol. The van der Waals surface area contributed by atoms with Crippen LogP contribution in [-0.4, -0.2) is 11.0 Å². The number of nitrogens with one attached hydrogen (secondary N) is 1. The molecule has 112 valence electrons. The van der Waals surface area contributed by atoms with E-state index in [0.717, 1.165) is 16.6 Å². The molecule has 0 spiro atoms. The molecular formula is C18H24N2S. The summed E-state index contributed by atoms with van der Waals surface area (Å²) in [6.45, 7) is 9.50. The lowest BCUT2D eigenvalue weighted by Gasteiger charge is -2.43. The van der Waals surface area contributed by atoms with Gasteiger partial charge in [-0.2, -0.15) is 0 Å². The van der Waals surface area contributed by atoms with Crippen LogP contribution in [0.3, 0.4) is 0 Å². The van der Waals surface area contributed by atoms with Crippen molar-refractivity contribution in [2.45, 2.75) is 53.0 Å². The van der Waals surface area contributed by atoms with E-state index in [4.69, 9.17) is 4.98 Å². The maximum absolute atomic E-state index is 4.86. The molecule has 0 amide bonds. The summed E-state index contributed by atoms with van der Waals surface area (Å²) >= 11 is 1.80. The number of thiazole rings is 1. The molecule has 2 fully saturated rings. The number of aromatic nitrogens is 1. The summed E-state index contributed by atoms with van der Waals surface area (Å²) in [6.07, 6.45) is 4.14. The normalized spacial score (nSPS) is 33.7. The van der Waals surface area contributed by atoms with Gasteiger partial charge < -0.3 is 5.32 Å². The van der Waals surface area contributed by atoms with E-state index < -0.39 is 0 Å². The number of fused-ring (bicyclic) bond motifs is 3. The van der Waals surface area contributed by atoms with Gasteiger partial charge in [-0.15, -0.1) is 0 Å². The Bertz CT molecular complexity index is 698. The maximum atomic E-state index is 4.86. The van der Waals surface area contributed by atoms with Gasteiger partial charge in [-0.3, -0.25) is 0 Å². The van der Waals surface area contributed by atoms with E-state index in [1.165, 1.54) is 29.5 Å². The quantitative estimate of drug-likeness (QED) is 0.821. The third-order valence-corrected chi connectivity index (χ3v) is 7.11. The van der Waals surface area contributed by atoms with Crippen LogP contribution >= 0.6 is 11.3 Å². The summed E-state index contributed by atoms with van der Waals surface area (Å²) in [4.78, 5) is 4.86. The van der Waals surface area contributed by atoms with Gasteiger partial charge >= 0.3 is 0 Å². The third-order valence-electron chi connectivity index (χ3n) is 6.16. The first-order chi connectivity index (χ1) is 9.90. The molecule has 1 aromatic carbocycles. The van der Waals surface area contributed by atoms with Crippen molar-refractivity contribution in [3.05, 3.63) is 23.8 Å². The second-order valence-corrected chi connectivity index (χ2v) is 8.96. The average molecular weight is 300 g/mol. The molecule has 2 nitrogen and oxygen atoms in total. The molecule has 2 aliphatic rings. The van der Waals surface area contributed by atoms with Crippen LogP contribution in [0.1, 0.15) is 45.6 Å². The Kier molecular flexibility index (Phi) is 2.73. The molecule has 21 heavy (non-hydrogen) atoms. The van der Waals surface area contributed by atoms with E-state index >= 15 is 0 Å². The molecule has 3 unspecified atom stereocenters. The highest BCUT2D eigenvalue weighted by molar-refractivity contribution is 7.22. The Morgan fingerprint density at radius 3 is 2.76 bits per heavy atom. The van der Waals surface area contributed by atoms with E-state index in [2.05, 4.69) is 51.2 Å². The second-order valence-electron chi connectivity index (χ2n) is 7.93. The summed E-state index contributed by atoms with van der Waals surface area (Å²) in [5.74, 6) is 0.871. The van der Waals surface area contributed by atoms with Crippen LogP contribution in [0.25, 0.3) is 10.2 Å². The maximum Gasteiger partial charge on any atom is 0.184 e. The van der Waals surface area contributed by atoms with Crippen LogP contribution in [-0.2, 0) is 0 Å². The average Bonchev–Trinajstić information content (AvgIpc) is 3.04. The van der Waals surface area contributed by atoms with Crippen LogP contribution in [0.4, 0.5) is 5.13 Å². The van der Waals surface area contributed by atoms with E-state index in [1.807, 2.05) is 0 Å². The highest BCUT2D eigenvalue weighted by Gasteiger charge is 2.59. The van der Waals surface area contributed by atoms with Crippen LogP contribution in [0.15, 0.2) is 18.2 Å². The van der Waals surface area contributed by atoms with Crippen molar-refractivity contribution in [2.24, 2.45) is 16.7 Å². The number of anilines is 1. The summed E-state index contributed by atoms with van der Waals surface area (Å²) in [7, 11) is 0. The van der Waals surface area contributed by atoms with Crippen LogP contribution in [0.5, 0.6) is 0 Å². The zero-order valence-electron chi connectivity index (χ0n) is 13.4. The van der Waals surface area contributed by atoms with Gasteiger partial charge in [-0.1, -0.05) is 44.2 Å². The fourth-order valence-electron chi connectivity index (χ4n) is 4.93. The van der Waals surface area contributed by atoms with Crippen molar-refractivity contribution in [1.82, 2.24) is 4.98 Å². The Morgan fingerprint density at radius 1 is 1.29 bits per heavy atom. The lowest BCUT2D eigenvalue weighted by atomic mass is 9.68. The van der Waals surface area contributed by atoms with Crippen molar-refractivity contribution < 1.29 is 0 Å². The van der Waals surface area contributed by atoms with Gasteiger partial charge in [-0.05, 0) is 54.6 Å². The number of para-hydroxylation sites is 1. The predicted octanol–water partition coefficient (Wildman–Crippen LogP) is 5.23. The van der Waals surface area contributed by atoms with E-state index in [9.17, 15) is 0 Å². The molecule has 0 radical (unpaired) electrons. The number of rotatable bonds is 2. The second kappa shape index (κ2) is 4.22. The molecule has 2 bridgehead atoms. The minimum Gasteiger partial charge on any atom is -0.358 e. The molecule has 3 atom stereocenters. The van der Waals surface area contributed by atoms with Crippen molar-refractivity contribution in [3.8, 4) is 0 Å². The molecule has 2 aliphatic carbocycles. The fraction of sp³-hybridized carbons (Fsp3) is 0.611. The smallest absolute Gasteiger partial charge is 0.184 e. The first-order valence-corrected chi connectivity index (χ1v) is 8.84. The van der Waals surface area contributed by atoms with E-state index in [1.54, 1.807) is 11.3 Å². The molecule has 0 aliphatic heterocycles. The Morgan fingerprint density at radius 2 is 2.10 bits per heavy atom. The van der Waals surface area contributed by atoms with Gasteiger partial charge in [0.1, 0.15) is 0 Å². The zero-order chi connectivity index (χ0) is 14.8. The Labute approximate surface area is 131 Å². The van der Waals surface area contributed by atoms with Crippen molar-refractivity contribution in [1.29, 1.82) is 0 Å². The van der Waals surface area contributed by atoms with Gasteiger partial charge in [0.15, 0.2) is 5.13 Å². The molecule has 3 heteroatoms. The highest BCUT2D eigenvalue weighted by Crippen LogP contribution is 2.63. The summed E-state index contributed by atoms with van der Waals surface area (Å²) < 4.78 is 1.30. The molecule has 1 N–H and O–H groups in total. The zero-order valence-corrected chi connectivity index (χ0v) is 14.2. The summed E-state index contributed by atoms with van der Waals surface area (Å²) in [5, 5.41) is 4.93. The molecular weight excluding hydrogens is 276 g/mol. The molecule has 2 aromatic rings. The van der Waals surface area contributed by atoms with Crippen molar-refractivity contribution >= 4 is 26.7 Å². The van der Waals surface area contributed by atoms with Crippen molar-refractivity contribution in [3.63, 3.8) is 0 Å². The molecule has 0 saturated heterocycles. The SMILES string of the molecule is Cc1cccc2sc(NC3C4(C)CCC(C4)C3(C)C)nc12. The number of hydrogen-bond acceptors (Lipinski definition) is 3. The van der Waals surface area contributed by atoms with Gasteiger partial charge in [0.2, 0.25) is 0 Å². The first-order valence-electron chi connectivity index (χ1n) is 8.03. The fourth-order valence-corrected chi connectivity index (χ4v) is 5.91. The third kappa shape index (κ3) is 1.86. The van der Waals surface area contributed by atoms with Crippen LogP contribution in [0, 0.1) is 23.7 Å². The lowest BCUT2D eigenvalue weighted by Crippen LogP contribution is -2.45. The highest BCUT2D eigenvalue weighted by atomic mass is 32.1. The number of hydrogen-bond donors (Lipinski definition) is 1. The van der Waals surface area contributed by atoms with Gasteiger partial charge in [0.05, 0.1) is 10.2 Å². The van der Waals surface area contributed by atoms with Gasteiger partial charge in [0.25, 0.3) is 0 Å². The number of aryl methyl sites for hydroxylation is 1. The Hall–Kier alpha value is -1.09. The number of nitrogens with zero attached hydrogens (tertiary/aromatic N) is 1. The monoisotopic (exact) mass is 300 g/mol. The van der Waals surface area contributed by atoms with Gasteiger partial charge in [0, 0.05) is 6.04 Å². The molecule has 4 rings (SSSR count). The Balaban J connectivity index is 1.70. The van der Waals surface area contributed by atoms with Gasteiger partial charge in [-0.25, -0.2) is 4.98 Å². The standard InChI is InChI=1S/C18H24N2S/c1-11-6-5-7-13-14(11)19-16(21-13)20-15-17(2,3)12-8-9-18(15,4)10-12/h5-7,12,15H,8-10H2,1-4H3,(H,19,20). The topological polar surface area (TPSA) is 24.9 Å². The van der Waals surface area contributed by atoms with Crippen molar-refractivity contribution in [2.75, 3.05) is 5.32 Å². The first kappa shape index (κ1) is 13.6. The van der Waals surface area contributed by atoms with E-state index in [-0.39, 0.29) is 0 Å². The minimum absolute atomic E-state index is 0.375. The number of benzene rings is 1.